The highest BCUT2D eigenvalue weighted by Gasteiger charge is 2.11. The summed E-state index contributed by atoms with van der Waals surface area (Å²) < 4.78 is 12.2. The van der Waals surface area contributed by atoms with Crippen molar-refractivity contribution in [2.45, 2.75) is 6.61 Å². The average molecular weight is 524 g/mol. The smallest absolute Gasteiger partial charge is 0.266 e. The Morgan fingerprint density at radius 1 is 1.09 bits per heavy atom. The molecule has 0 spiro atoms. The molecule has 166 valence electrons. The molecule has 0 aliphatic rings. The summed E-state index contributed by atoms with van der Waals surface area (Å²) in [6.45, 7) is 4.35. The van der Waals surface area contributed by atoms with E-state index in [4.69, 9.17) is 21.1 Å². The molecule has 0 aromatic heterocycles. The molecular formula is C26H20BrClN2O3. The Morgan fingerprint density at radius 2 is 1.82 bits per heavy atom. The SMILES string of the molecule is C=CCOc1ccc(/C=C(\C#N)C(=O)Nc2ccc(OCc3ccc(Br)cc3)cc2)cc1Cl. The topological polar surface area (TPSA) is 71.3 Å². The van der Waals surface area contributed by atoms with Crippen LogP contribution in [0, 0.1) is 11.3 Å². The second kappa shape index (κ2) is 11.9. The molecule has 0 saturated heterocycles. The van der Waals surface area contributed by atoms with Crippen LogP contribution in [-0.4, -0.2) is 12.5 Å². The number of carbonyl (C=O) groups excluding carboxylic acids is 1. The number of anilines is 1. The molecular weight excluding hydrogens is 504 g/mol. The Bertz CT molecular complexity index is 1200. The second-order valence-corrected chi connectivity index (χ2v) is 8.18. The number of rotatable bonds is 9. The van der Waals surface area contributed by atoms with Crippen molar-refractivity contribution in [3.63, 3.8) is 0 Å². The fraction of sp³-hybridized carbons (Fsp3) is 0.0769. The van der Waals surface area contributed by atoms with Crippen LogP contribution >= 0.6 is 27.5 Å². The Labute approximate surface area is 206 Å². The van der Waals surface area contributed by atoms with Crippen LogP contribution in [0.2, 0.25) is 5.02 Å². The van der Waals surface area contributed by atoms with Crippen LogP contribution in [0.25, 0.3) is 6.08 Å². The van der Waals surface area contributed by atoms with Crippen LogP contribution in [-0.2, 0) is 11.4 Å². The first-order chi connectivity index (χ1) is 16.0. The molecule has 3 aromatic carbocycles. The number of halogens is 2. The third-order valence-electron chi connectivity index (χ3n) is 4.42. The first-order valence-electron chi connectivity index (χ1n) is 9.92. The maximum Gasteiger partial charge on any atom is 0.266 e. The maximum atomic E-state index is 12.6. The van der Waals surface area contributed by atoms with Gasteiger partial charge in [0.15, 0.2) is 0 Å². The third kappa shape index (κ3) is 7.25. The van der Waals surface area contributed by atoms with E-state index in [1.165, 1.54) is 6.08 Å². The van der Waals surface area contributed by atoms with Crippen molar-refractivity contribution in [2.24, 2.45) is 0 Å². The highest BCUT2D eigenvalue weighted by molar-refractivity contribution is 9.10. The monoisotopic (exact) mass is 522 g/mol. The molecule has 3 aromatic rings. The number of amides is 1. The molecule has 0 atom stereocenters. The number of benzene rings is 3. The number of nitriles is 1. The van der Waals surface area contributed by atoms with E-state index in [0.29, 0.717) is 41.0 Å². The maximum absolute atomic E-state index is 12.6. The van der Waals surface area contributed by atoms with Crippen molar-refractivity contribution in [1.29, 1.82) is 5.26 Å². The van der Waals surface area contributed by atoms with Gasteiger partial charge in [0.2, 0.25) is 0 Å². The van der Waals surface area contributed by atoms with Crippen LogP contribution < -0.4 is 14.8 Å². The molecule has 0 fully saturated rings. The minimum Gasteiger partial charge on any atom is -0.489 e. The quantitative estimate of drug-likeness (QED) is 0.190. The van der Waals surface area contributed by atoms with Gasteiger partial charge in [-0.3, -0.25) is 4.79 Å². The summed E-state index contributed by atoms with van der Waals surface area (Å²) in [7, 11) is 0. The first-order valence-corrected chi connectivity index (χ1v) is 11.1. The lowest BCUT2D eigenvalue weighted by Crippen LogP contribution is -2.13. The first kappa shape index (κ1) is 24.1. The third-order valence-corrected chi connectivity index (χ3v) is 5.24. The lowest BCUT2D eigenvalue weighted by Gasteiger charge is -2.09. The van der Waals surface area contributed by atoms with E-state index in [1.54, 1.807) is 48.5 Å². The molecule has 0 heterocycles. The fourth-order valence-electron chi connectivity index (χ4n) is 2.77. The molecule has 7 heteroatoms. The minimum absolute atomic E-state index is 0.0543. The van der Waals surface area contributed by atoms with Crippen molar-refractivity contribution in [2.75, 3.05) is 11.9 Å². The van der Waals surface area contributed by atoms with Gasteiger partial charge in [0.05, 0.1) is 5.02 Å². The van der Waals surface area contributed by atoms with E-state index in [-0.39, 0.29) is 5.57 Å². The van der Waals surface area contributed by atoms with Crippen LogP contribution in [0.1, 0.15) is 11.1 Å². The summed E-state index contributed by atoms with van der Waals surface area (Å²) in [5.74, 6) is 0.642. The number of nitrogens with one attached hydrogen (secondary N) is 1. The molecule has 0 bridgehead atoms. The van der Waals surface area contributed by atoms with Gasteiger partial charge in [-0.25, -0.2) is 0 Å². The number of nitrogens with zero attached hydrogens (tertiary/aromatic N) is 1. The average Bonchev–Trinajstić information content (AvgIpc) is 2.82. The Morgan fingerprint density at radius 3 is 2.45 bits per heavy atom. The van der Waals surface area contributed by atoms with Crippen LogP contribution in [0.15, 0.2) is 89.4 Å². The summed E-state index contributed by atoms with van der Waals surface area (Å²) in [4.78, 5) is 12.6. The molecule has 0 saturated carbocycles. The molecule has 0 aliphatic carbocycles. The fourth-order valence-corrected chi connectivity index (χ4v) is 3.28. The van der Waals surface area contributed by atoms with Crippen molar-refractivity contribution < 1.29 is 14.3 Å². The van der Waals surface area contributed by atoms with Crippen molar-refractivity contribution in [3.05, 3.63) is 106 Å². The van der Waals surface area contributed by atoms with Gasteiger partial charge in [0.1, 0.15) is 36.4 Å². The molecule has 3 rings (SSSR count). The molecule has 5 nitrogen and oxygen atoms in total. The highest BCUT2D eigenvalue weighted by Crippen LogP contribution is 2.26. The summed E-state index contributed by atoms with van der Waals surface area (Å²) in [6.07, 6.45) is 3.08. The molecule has 1 amide bonds. The predicted octanol–water partition coefficient (Wildman–Crippen LogP) is 6.79. The molecule has 1 N–H and O–H groups in total. The number of hydrogen-bond acceptors (Lipinski definition) is 4. The molecule has 33 heavy (non-hydrogen) atoms. The lowest BCUT2D eigenvalue weighted by molar-refractivity contribution is -0.112. The van der Waals surface area contributed by atoms with E-state index >= 15 is 0 Å². The summed E-state index contributed by atoms with van der Waals surface area (Å²) in [5, 5.41) is 12.5. The largest absolute Gasteiger partial charge is 0.489 e. The van der Waals surface area contributed by atoms with E-state index in [0.717, 1.165) is 10.0 Å². The van der Waals surface area contributed by atoms with Gasteiger partial charge >= 0.3 is 0 Å². The van der Waals surface area contributed by atoms with E-state index in [1.807, 2.05) is 30.3 Å². The predicted molar refractivity (Wildman–Crippen MR) is 134 cm³/mol. The van der Waals surface area contributed by atoms with Gasteiger partial charge in [0.25, 0.3) is 5.91 Å². The Balaban J connectivity index is 1.61. The zero-order valence-electron chi connectivity index (χ0n) is 17.6. The van der Waals surface area contributed by atoms with Crippen LogP contribution in [0.4, 0.5) is 5.69 Å². The van der Waals surface area contributed by atoms with Gasteiger partial charge in [-0.1, -0.05) is 58.4 Å². The summed E-state index contributed by atoms with van der Waals surface area (Å²) >= 11 is 9.61. The lowest BCUT2D eigenvalue weighted by atomic mass is 10.1. The summed E-state index contributed by atoms with van der Waals surface area (Å²) in [5.41, 5.74) is 2.14. The van der Waals surface area contributed by atoms with Gasteiger partial charge in [-0.15, -0.1) is 0 Å². The Hall–Kier alpha value is -3.53. The minimum atomic E-state index is -0.524. The van der Waals surface area contributed by atoms with E-state index in [9.17, 15) is 10.1 Å². The highest BCUT2D eigenvalue weighted by atomic mass is 79.9. The van der Waals surface area contributed by atoms with Crippen molar-refractivity contribution in [1.82, 2.24) is 0 Å². The number of ether oxygens (including phenoxy) is 2. The zero-order valence-corrected chi connectivity index (χ0v) is 19.9. The molecule has 0 aliphatic heterocycles. The van der Waals surface area contributed by atoms with Gasteiger partial charge in [-0.05, 0) is 65.7 Å². The number of carbonyl (C=O) groups is 1. The summed E-state index contributed by atoms with van der Waals surface area (Å²) in [6, 6.07) is 21.7. The van der Waals surface area contributed by atoms with E-state index < -0.39 is 5.91 Å². The Kier molecular flexibility index (Phi) is 8.71. The van der Waals surface area contributed by atoms with Gasteiger partial charge in [0, 0.05) is 10.2 Å². The van der Waals surface area contributed by atoms with Gasteiger partial charge < -0.3 is 14.8 Å². The van der Waals surface area contributed by atoms with E-state index in [2.05, 4.69) is 27.8 Å². The number of hydrogen-bond donors (Lipinski definition) is 1. The standard InChI is InChI=1S/C26H20BrClN2O3/c1-2-13-32-25-12-5-19(15-24(25)28)14-20(16-29)26(31)30-22-8-10-23(11-9-22)33-17-18-3-6-21(27)7-4-18/h2-12,14-15H,1,13,17H2,(H,30,31)/b20-14+. The van der Waals surface area contributed by atoms with Crippen molar-refractivity contribution >= 4 is 45.2 Å². The zero-order chi connectivity index (χ0) is 23.6. The van der Waals surface area contributed by atoms with Crippen LogP contribution in [0.5, 0.6) is 11.5 Å². The van der Waals surface area contributed by atoms with Crippen molar-refractivity contribution in [3.8, 4) is 17.6 Å². The van der Waals surface area contributed by atoms with Gasteiger partial charge in [-0.2, -0.15) is 5.26 Å². The van der Waals surface area contributed by atoms with Crippen LogP contribution in [0.3, 0.4) is 0 Å². The molecule has 0 unspecified atom stereocenters. The second-order valence-electron chi connectivity index (χ2n) is 6.85. The normalized spacial score (nSPS) is 10.8. The molecule has 0 radical (unpaired) electrons.